The van der Waals surface area contributed by atoms with Gasteiger partial charge in [-0.2, -0.15) is 0 Å². The first-order valence-corrected chi connectivity index (χ1v) is 10.9. The number of hydrogen-bond acceptors (Lipinski definition) is 4. The maximum atomic E-state index is 14.2. The summed E-state index contributed by atoms with van der Waals surface area (Å²) in [5.74, 6) is 0.0658. The summed E-state index contributed by atoms with van der Waals surface area (Å²) >= 11 is 0. The number of phenols is 1. The van der Waals surface area contributed by atoms with E-state index in [4.69, 9.17) is 9.47 Å². The van der Waals surface area contributed by atoms with E-state index in [1.54, 1.807) is 18.2 Å². The molecule has 0 heterocycles. The van der Waals surface area contributed by atoms with Crippen LogP contribution < -0.4 is 14.8 Å². The third-order valence-corrected chi connectivity index (χ3v) is 5.94. The molecule has 1 aliphatic carbocycles. The third-order valence-electron chi connectivity index (χ3n) is 5.94. The van der Waals surface area contributed by atoms with Crippen molar-refractivity contribution in [2.45, 2.75) is 13.3 Å². The fraction of sp³-hybridized carbons (Fsp3) is 0.179. The summed E-state index contributed by atoms with van der Waals surface area (Å²) in [6, 6.07) is 17.6. The SMILES string of the molecule is COc1cc(C=C2C(C)=C(CNC(=O)Cc3ccccc3)c3cc(F)ccc32)cc(OC)c1O. The Hall–Kier alpha value is -4.06. The van der Waals surface area contributed by atoms with Gasteiger partial charge in [-0.15, -0.1) is 0 Å². The number of aromatic hydroxyl groups is 1. The van der Waals surface area contributed by atoms with Crippen molar-refractivity contribution in [3.05, 3.63) is 94.3 Å². The smallest absolute Gasteiger partial charge is 0.224 e. The van der Waals surface area contributed by atoms with E-state index in [0.717, 1.165) is 39.0 Å². The number of halogens is 1. The van der Waals surface area contributed by atoms with Gasteiger partial charge in [-0.25, -0.2) is 4.39 Å². The summed E-state index contributed by atoms with van der Waals surface area (Å²) in [5, 5.41) is 13.2. The largest absolute Gasteiger partial charge is 0.502 e. The second-order valence-corrected chi connectivity index (χ2v) is 8.06. The molecule has 0 saturated heterocycles. The summed E-state index contributed by atoms with van der Waals surface area (Å²) in [5.41, 5.74) is 6.01. The molecule has 0 fully saturated rings. The zero-order valence-corrected chi connectivity index (χ0v) is 19.3. The van der Waals surface area contributed by atoms with Crippen molar-refractivity contribution in [3.8, 4) is 17.2 Å². The monoisotopic (exact) mass is 459 g/mol. The molecule has 1 amide bonds. The zero-order chi connectivity index (χ0) is 24.2. The molecule has 0 aromatic heterocycles. The lowest BCUT2D eigenvalue weighted by Crippen LogP contribution is -2.26. The molecule has 0 aliphatic heterocycles. The summed E-state index contributed by atoms with van der Waals surface area (Å²) in [6.45, 7) is 2.24. The highest BCUT2D eigenvalue weighted by Gasteiger charge is 2.25. The molecule has 4 rings (SSSR count). The molecule has 5 nitrogen and oxygen atoms in total. The van der Waals surface area contributed by atoms with Crippen LogP contribution in [0.3, 0.4) is 0 Å². The number of nitrogens with one attached hydrogen (secondary N) is 1. The molecule has 0 atom stereocenters. The van der Waals surface area contributed by atoms with Crippen LogP contribution >= 0.6 is 0 Å². The number of allylic oxidation sites excluding steroid dienone is 2. The number of amides is 1. The number of phenolic OH excluding ortho intramolecular Hbond substituents is 1. The Balaban J connectivity index is 1.67. The lowest BCUT2D eigenvalue weighted by atomic mass is 10.00. The standard InChI is InChI=1S/C28H26FNO4/c1-17-22(11-19-12-25(33-2)28(32)26(13-19)34-3)21-10-9-20(29)15-23(21)24(17)16-30-27(31)14-18-7-5-4-6-8-18/h4-13,15,32H,14,16H2,1-3H3,(H,30,31). The van der Waals surface area contributed by atoms with Crippen LogP contribution in [0.2, 0.25) is 0 Å². The Morgan fingerprint density at radius 2 is 1.68 bits per heavy atom. The van der Waals surface area contributed by atoms with Gasteiger partial charge in [0.15, 0.2) is 11.5 Å². The Bertz CT molecular complexity index is 1270. The molecule has 6 heteroatoms. The Morgan fingerprint density at radius 1 is 1.00 bits per heavy atom. The second-order valence-electron chi connectivity index (χ2n) is 8.06. The first-order valence-electron chi connectivity index (χ1n) is 10.9. The van der Waals surface area contributed by atoms with Crippen LogP contribution in [0.4, 0.5) is 4.39 Å². The van der Waals surface area contributed by atoms with E-state index in [-0.39, 0.29) is 30.4 Å². The Kier molecular flexibility index (Phi) is 6.68. The number of methoxy groups -OCH3 is 2. The van der Waals surface area contributed by atoms with Crippen LogP contribution in [0.15, 0.2) is 66.2 Å². The normalized spacial score (nSPS) is 13.7. The lowest BCUT2D eigenvalue weighted by Gasteiger charge is -2.11. The van der Waals surface area contributed by atoms with Crippen molar-refractivity contribution in [2.24, 2.45) is 0 Å². The van der Waals surface area contributed by atoms with Gasteiger partial charge in [-0.3, -0.25) is 4.79 Å². The number of carbonyl (C=O) groups is 1. The summed E-state index contributed by atoms with van der Waals surface area (Å²) in [4.78, 5) is 12.5. The molecule has 2 N–H and O–H groups in total. The minimum Gasteiger partial charge on any atom is -0.502 e. The van der Waals surface area contributed by atoms with Crippen LogP contribution in [-0.2, 0) is 11.2 Å². The Labute approximate surface area is 198 Å². The van der Waals surface area contributed by atoms with Gasteiger partial charge in [-0.05, 0) is 76.2 Å². The van der Waals surface area contributed by atoms with Crippen molar-refractivity contribution in [2.75, 3.05) is 20.8 Å². The molecular formula is C28H26FNO4. The van der Waals surface area contributed by atoms with E-state index in [9.17, 15) is 14.3 Å². The van der Waals surface area contributed by atoms with Crippen LogP contribution in [0.25, 0.3) is 17.2 Å². The molecule has 0 bridgehead atoms. The highest BCUT2D eigenvalue weighted by Crippen LogP contribution is 2.44. The van der Waals surface area contributed by atoms with Crippen molar-refractivity contribution in [1.29, 1.82) is 0 Å². The fourth-order valence-electron chi connectivity index (χ4n) is 4.18. The number of rotatable bonds is 7. The fourth-order valence-corrected chi connectivity index (χ4v) is 4.18. The molecule has 3 aromatic rings. The molecule has 3 aromatic carbocycles. The first-order chi connectivity index (χ1) is 16.4. The molecule has 0 radical (unpaired) electrons. The van der Waals surface area contributed by atoms with E-state index in [1.165, 1.54) is 26.4 Å². The van der Waals surface area contributed by atoms with Crippen molar-refractivity contribution in [3.63, 3.8) is 0 Å². The molecule has 0 spiro atoms. The van der Waals surface area contributed by atoms with Gasteiger partial charge in [0.25, 0.3) is 0 Å². The minimum atomic E-state index is -0.339. The topological polar surface area (TPSA) is 67.8 Å². The summed E-state index contributed by atoms with van der Waals surface area (Å²) in [6.07, 6.45) is 2.22. The predicted molar refractivity (Wildman–Crippen MR) is 131 cm³/mol. The van der Waals surface area contributed by atoms with Crippen molar-refractivity contribution < 1.29 is 23.8 Å². The second kappa shape index (κ2) is 9.83. The molecular weight excluding hydrogens is 433 g/mol. The summed E-state index contributed by atoms with van der Waals surface area (Å²) < 4.78 is 24.7. The van der Waals surface area contributed by atoms with E-state index in [1.807, 2.05) is 43.3 Å². The van der Waals surface area contributed by atoms with Gasteiger partial charge in [0, 0.05) is 6.54 Å². The average Bonchev–Trinajstić information content (AvgIpc) is 3.09. The highest BCUT2D eigenvalue weighted by atomic mass is 19.1. The van der Waals surface area contributed by atoms with Crippen molar-refractivity contribution in [1.82, 2.24) is 5.32 Å². The highest BCUT2D eigenvalue weighted by molar-refractivity contribution is 6.06. The summed E-state index contributed by atoms with van der Waals surface area (Å²) in [7, 11) is 2.95. The third kappa shape index (κ3) is 4.66. The molecule has 34 heavy (non-hydrogen) atoms. The van der Waals surface area contributed by atoms with E-state index in [0.29, 0.717) is 11.5 Å². The molecule has 174 valence electrons. The number of fused-ring (bicyclic) bond motifs is 1. The maximum absolute atomic E-state index is 14.2. The van der Waals surface area contributed by atoms with E-state index >= 15 is 0 Å². The van der Waals surface area contributed by atoms with Gasteiger partial charge < -0.3 is 19.9 Å². The number of benzene rings is 3. The van der Waals surface area contributed by atoms with Crippen LogP contribution in [0.5, 0.6) is 17.2 Å². The van der Waals surface area contributed by atoms with Gasteiger partial charge >= 0.3 is 0 Å². The molecule has 0 unspecified atom stereocenters. The van der Waals surface area contributed by atoms with Gasteiger partial charge in [-0.1, -0.05) is 36.4 Å². The lowest BCUT2D eigenvalue weighted by molar-refractivity contribution is -0.120. The van der Waals surface area contributed by atoms with Crippen molar-refractivity contribution >= 4 is 23.1 Å². The zero-order valence-electron chi connectivity index (χ0n) is 19.3. The van der Waals surface area contributed by atoms with E-state index in [2.05, 4.69) is 5.32 Å². The van der Waals surface area contributed by atoms with Crippen LogP contribution in [0, 0.1) is 5.82 Å². The van der Waals surface area contributed by atoms with Gasteiger partial charge in [0.1, 0.15) is 5.82 Å². The average molecular weight is 460 g/mol. The van der Waals surface area contributed by atoms with Crippen LogP contribution in [0.1, 0.15) is 29.2 Å². The predicted octanol–water partition coefficient (Wildman–Crippen LogP) is 5.24. The van der Waals surface area contributed by atoms with E-state index < -0.39 is 0 Å². The first kappa shape index (κ1) is 23.1. The van der Waals surface area contributed by atoms with Gasteiger partial charge in [0.05, 0.1) is 20.6 Å². The number of hydrogen-bond donors (Lipinski definition) is 2. The number of carbonyl (C=O) groups excluding carboxylic acids is 1. The van der Waals surface area contributed by atoms with Gasteiger partial charge in [0.2, 0.25) is 11.7 Å². The molecule has 1 aliphatic rings. The van der Waals surface area contributed by atoms with Crippen LogP contribution in [-0.4, -0.2) is 31.8 Å². The quantitative estimate of drug-likeness (QED) is 0.507. The number of ether oxygens (including phenoxy) is 2. The maximum Gasteiger partial charge on any atom is 0.224 e. The molecule has 0 saturated carbocycles. The Morgan fingerprint density at radius 3 is 2.32 bits per heavy atom. The minimum absolute atomic E-state index is 0.0740.